The summed E-state index contributed by atoms with van der Waals surface area (Å²) < 4.78 is 1.77. The third-order valence-corrected chi connectivity index (χ3v) is 6.41. The molecule has 1 aromatic carbocycles. The second kappa shape index (κ2) is 7.40. The van der Waals surface area contributed by atoms with Crippen LogP contribution in [0.25, 0.3) is 5.69 Å². The standard InChI is InChI=1S/C20H20N6O2S/c27-19-9-18-17(25(19)6-4-15-10-29-13-21-15)5-7-26(18)20(28)14-2-1-3-16(8-14)24-11-22-23-12-24/h1-3,8,10-13,17-18H,4-7,9H2/t17-,18-/m0/s1. The molecule has 5 rings (SSSR count). The maximum atomic E-state index is 13.2. The van der Waals surface area contributed by atoms with Crippen LogP contribution in [0, 0.1) is 0 Å². The smallest absolute Gasteiger partial charge is 0.254 e. The lowest BCUT2D eigenvalue weighted by Gasteiger charge is -2.25. The number of fused-ring (bicyclic) bond motifs is 1. The van der Waals surface area contributed by atoms with Crippen molar-refractivity contribution in [2.24, 2.45) is 0 Å². The van der Waals surface area contributed by atoms with E-state index in [4.69, 9.17) is 0 Å². The molecule has 2 saturated heterocycles. The van der Waals surface area contributed by atoms with E-state index in [9.17, 15) is 9.59 Å². The summed E-state index contributed by atoms with van der Waals surface area (Å²) >= 11 is 1.57. The minimum absolute atomic E-state index is 0.0263. The first kappa shape index (κ1) is 18.0. The van der Waals surface area contributed by atoms with Crippen molar-refractivity contribution in [1.29, 1.82) is 0 Å². The van der Waals surface area contributed by atoms with Crippen LogP contribution in [0.5, 0.6) is 0 Å². The number of hydrogen-bond acceptors (Lipinski definition) is 6. The van der Waals surface area contributed by atoms with Crippen LogP contribution in [0.3, 0.4) is 0 Å². The van der Waals surface area contributed by atoms with Crippen molar-refractivity contribution in [2.75, 3.05) is 13.1 Å². The van der Waals surface area contributed by atoms with Crippen molar-refractivity contribution in [3.63, 3.8) is 0 Å². The molecule has 2 aliphatic rings. The van der Waals surface area contributed by atoms with Gasteiger partial charge in [-0.2, -0.15) is 0 Å². The zero-order valence-corrected chi connectivity index (χ0v) is 16.5. The van der Waals surface area contributed by atoms with E-state index in [1.54, 1.807) is 28.6 Å². The van der Waals surface area contributed by atoms with E-state index in [1.165, 1.54) is 0 Å². The summed E-state index contributed by atoms with van der Waals surface area (Å²) in [7, 11) is 0. The zero-order valence-electron chi connectivity index (χ0n) is 15.7. The highest BCUT2D eigenvalue weighted by molar-refractivity contribution is 7.07. The molecule has 2 amide bonds. The molecule has 0 radical (unpaired) electrons. The number of amides is 2. The number of aromatic nitrogens is 4. The predicted molar refractivity (Wildman–Crippen MR) is 107 cm³/mol. The first-order valence-corrected chi connectivity index (χ1v) is 10.6. The van der Waals surface area contributed by atoms with E-state index in [-0.39, 0.29) is 23.9 Å². The highest BCUT2D eigenvalue weighted by Gasteiger charge is 2.48. The predicted octanol–water partition coefficient (Wildman–Crippen LogP) is 1.78. The Balaban J connectivity index is 1.31. The van der Waals surface area contributed by atoms with Crippen LogP contribution in [0.2, 0.25) is 0 Å². The molecular weight excluding hydrogens is 388 g/mol. The van der Waals surface area contributed by atoms with Gasteiger partial charge in [0.15, 0.2) is 0 Å². The maximum absolute atomic E-state index is 13.2. The Kier molecular flexibility index (Phi) is 4.59. The molecule has 0 saturated carbocycles. The molecule has 2 fully saturated rings. The van der Waals surface area contributed by atoms with Gasteiger partial charge in [-0.05, 0) is 24.6 Å². The molecule has 29 heavy (non-hydrogen) atoms. The van der Waals surface area contributed by atoms with E-state index >= 15 is 0 Å². The average Bonchev–Trinajstić information content (AvgIpc) is 3.52. The minimum atomic E-state index is -0.0519. The zero-order chi connectivity index (χ0) is 19.8. The number of carbonyl (C=O) groups is 2. The molecule has 3 aromatic rings. The number of carbonyl (C=O) groups excluding carboxylic acids is 2. The second-order valence-corrected chi connectivity index (χ2v) is 8.08. The van der Waals surface area contributed by atoms with Crippen molar-refractivity contribution < 1.29 is 9.59 Å². The number of rotatable bonds is 5. The first-order chi connectivity index (χ1) is 14.2. The Hall–Kier alpha value is -3.07. The normalized spacial score (nSPS) is 21.0. The molecule has 2 aliphatic heterocycles. The molecule has 148 valence electrons. The number of thiazole rings is 1. The molecular formula is C20H20N6O2S. The fraction of sp³-hybridized carbons (Fsp3) is 0.350. The summed E-state index contributed by atoms with van der Waals surface area (Å²) in [4.78, 5) is 34.0. The lowest BCUT2D eigenvalue weighted by atomic mass is 10.1. The Labute approximate surface area is 171 Å². The maximum Gasteiger partial charge on any atom is 0.254 e. The summed E-state index contributed by atoms with van der Waals surface area (Å²) in [5, 5.41) is 9.65. The lowest BCUT2D eigenvalue weighted by molar-refractivity contribution is -0.129. The fourth-order valence-corrected chi connectivity index (χ4v) is 4.96. The van der Waals surface area contributed by atoms with Gasteiger partial charge >= 0.3 is 0 Å². The highest BCUT2D eigenvalue weighted by Crippen LogP contribution is 2.33. The molecule has 0 bridgehead atoms. The van der Waals surface area contributed by atoms with Gasteiger partial charge in [0.05, 0.1) is 23.3 Å². The largest absolute Gasteiger partial charge is 0.337 e. The third kappa shape index (κ3) is 3.31. The number of likely N-dealkylation sites (tertiary alicyclic amines) is 2. The van der Waals surface area contributed by atoms with E-state index < -0.39 is 0 Å². The Bertz CT molecular complexity index is 1020. The topological polar surface area (TPSA) is 84.2 Å². The highest BCUT2D eigenvalue weighted by atomic mass is 32.1. The lowest BCUT2D eigenvalue weighted by Crippen LogP contribution is -2.40. The molecule has 0 unspecified atom stereocenters. The van der Waals surface area contributed by atoms with Crippen LogP contribution >= 0.6 is 11.3 Å². The van der Waals surface area contributed by atoms with Gasteiger partial charge in [0.2, 0.25) is 5.91 Å². The van der Waals surface area contributed by atoms with Gasteiger partial charge in [0.25, 0.3) is 5.91 Å². The second-order valence-electron chi connectivity index (χ2n) is 7.36. The molecule has 0 aliphatic carbocycles. The van der Waals surface area contributed by atoms with Crippen molar-refractivity contribution >= 4 is 23.2 Å². The van der Waals surface area contributed by atoms with E-state index in [2.05, 4.69) is 15.2 Å². The van der Waals surface area contributed by atoms with Gasteiger partial charge in [-0.15, -0.1) is 21.5 Å². The summed E-state index contributed by atoms with van der Waals surface area (Å²) in [6.07, 6.45) is 5.19. The Morgan fingerprint density at radius 2 is 2.07 bits per heavy atom. The van der Waals surface area contributed by atoms with E-state index in [0.717, 1.165) is 24.2 Å². The van der Waals surface area contributed by atoms with E-state index in [1.807, 2.05) is 45.0 Å². The van der Waals surface area contributed by atoms with Crippen molar-refractivity contribution in [3.8, 4) is 5.69 Å². The molecule has 9 heteroatoms. The van der Waals surface area contributed by atoms with Crippen LogP contribution < -0.4 is 0 Å². The van der Waals surface area contributed by atoms with Crippen LogP contribution in [0.1, 0.15) is 28.9 Å². The van der Waals surface area contributed by atoms with Crippen molar-refractivity contribution in [1.82, 2.24) is 29.5 Å². The Morgan fingerprint density at radius 1 is 1.21 bits per heavy atom. The molecule has 0 N–H and O–H groups in total. The first-order valence-electron chi connectivity index (χ1n) is 9.63. The third-order valence-electron chi connectivity index (χ3n) is 5.78. The molecule has 0 spiro atoms. The average molecular weight is 408 g/mol. The van der Waals surface area contributed by atoms with Crippen LogP contribution in [-0.2, 0) is 11.2 Å². The summed E-state index contributed by atoms with van der Waals surface area (Å²) in [6, 6.07) is 7.48. The summed E-state index contributed by atoms with van der Waals surface area (Å²) in [5.74, 6) is 0.104. The Morgan fingerprint density at radius 3 is 2.86 bits per heavy atom. The van der Waals surface area contributed by atoms with E-state index in [0.29, 0.717) is 25.1 Å². The van der Waals surface area contributed by atoms with Gasteiger partial charge < -0.3 is 9.80 Å². The minimum Gasteiger partial charge on any atom is -0.337 e. The van der Waals surface area contributed by atoms with Gasteiger partial charge in [0, 0.05) is 42.6 Å². The van der Waals surface area contributed by atoms with Crippen LogP contribution in [0.15, 0.2) is 47.8 Å². The monoisotopic (exact) mass is 408 g/mol. The number of hydrogen-bond donors (Lipinski definition) is 0. The van der Waals surface area contributed by atoms with Crippen molar-refractivity contribution in [2.45, 2.75) is 31.3 Å². The number of benzene rings is 1. The van der Waals surface area contributed by atoms with Gasteiger partial charge in [0.1, 0.15) is 12.7 Å². The van der Waals surface area contributed by atoms with Crippen LogP contribution in [-0.4, -0.2) is 66.5 Å². The quantitative estimate of drug-likeness (QED) is 0.643. The van der Waals surface area contributed by atoms with Crippen molar-refractivity contribution in [3.05, 3.63) is 59.1 Å². The molecule has 2 aromatic heterocycles. The van der Waals surface area contributed by atoms with Gasteiger partial charge in [-0.25, -0.2) is 4.98 Å². The molecule has 4 heterocycles. The number of nitrogens with zero attached hydrogens (tertiary/aromatic N) is 6. The molecule has 8 nitrogen and oxygen atoms in total. The van der Waals surface area contributed by atoms with Gasteiger partial charge in [-0.3, -0.25) is 14.2 Å². The molecule has 2 atom stereocenters. The van der Waals surface area contributed by atoms with Gasteiger partial charge in [-0.1, -0.05) is 6.07 Å². The van der Waals surface area contributed by atoms with Crippen LogP contribution in [0.4, 0.5) is 0 Å². The summed E-state index contributed by atoms with van der Waals surface area (Å²) in [6.45, 7) is 1.33. The summed E-state index contributed by atoms with van der Waals surface area (Å²) in [5.41, 5.74) is 4.28. The fourth-order valence-electron chi connectivity index (χ4n) is 4.37. The SMILES string of the molecule is O=C1C[C@H]2[C@H](CCN2C(=O)c2cccc(-n3cnnc3)c2)N1CCc1cscn1.